The van der Waals surface area contributed by atoms with E-state index in [1.54, 1.807) is 12.1 Å². The van der Waals surface area contributed by atoms with Gasteiger partial charge in [0.1, 0.15) is 0 Å². The molecule has 0 spiro atoms. The predicted molar refractivity (Wildman–Crippen MR) is 77.4 cm³/mol. The van der Waals surface area contributed by atoms with Crippen LogP contribution < -0.4 is 0 Å². The first-order valence-corrected chi connectivity index (χ1v) is 8.26. The third-order valence-corrected chi connectivity index (χ3v) is 4.36. The summed E-state index contributed by atoms with van der Waals surface area (Å²) in [5, 5.41) is 0. The minimum atomic E-state index is -4.18. The van der Waals surface area contributed by atoms with E-state index in [0.29, 0.717) is 18.6 Å². The summed E-state index contributed by atoms with van der Waals surface area (Å²) in [4.78, 5) is -0.0223. The first kappa shape index (κ1) is 15.2. The van der Waals surface area contributed by atoms with E-state index in [1.165, 1.54) is 6.07 Å². The predicted octanol–water partition coefficient (Wildman–Crippen LogP) is 2.91. The molecule has 1 N–H and O–H groups in total. The average molecular weight is 296 g/mol. The van der Waals surface area contributed by atoms with Crippen molar-refractivity contribution in [2.45, 2.75) is 43.6 Å². The summed E-state index contributed by atoms with van der Waals surface area (Å²) < 4.78 is 37.6. The van der Waals surface area contributed by atoms with Crippen molar-refractivity contribution < 1.29 is 17.7 Å². The first-order chi connectivity index (χ1) is 9.47. The monoisotopic (exact) mass is 296 g/mol. The highest BCUT2D eigenvalue weighted by Gasteiger charge is 2.16. The van der Waals surface area contributed by atoms with Gasteiger partial charge in [0.25, 0.3) is 10.1 Å². The smallest absolute Gasteiger partial charge is 0.294 e. The number of hydrogen-bond acceptors (Lipinski definition) is 3. The molecule has 0 saturated heterocycles. The van der Waals surface area contributed by atoms with Crippen LogP contribution in [0.2, 0.25) is 0 Å². The second kappa shape index (κ2) is 6.52. The molecule has 1 aromatic carbocycles. The third kappa shape index (κ3) is 4.16. The summed E-state index contributed by atoms with van der Waals surface area (Å²) in [7, 11) is -4.18. The normalized spacial score (nSPS) is 19.2. The zero-order chi connectivity index (χ0) is 14.6. The molecule has 0 heterocycles. The average Bonchev–Trinajstić information content (AvgIpc) is 2.38. The number of aryl methyl sites for hydroxylation is 1. The Hall–Kier alpha value is -1.17. The van der Waals surface area contributed by atoms with Crippen molar-refractivity contribution in [3.63, 3.8) is 0 Å². The number of allylic oxidation sites excluding steroid dienone is 1. The maximum atomic E-state index is 11.3. The lowest BCUT2D eigenvalue weighted by molar-refractivity contribution is 0.0774. The number of hydrogen-bond donors (Lipinski definition) is 1. The molecule has 110 valence electrons. The van der Waals surface area contributed by atoms with E-state index in [4.69, 9.17) is 4.74 Å². The molecule has 1 aliphatic carbocycles. The molecular weight excluding hydrogens is 276 g/mol. The van der Waals surface area contributed by atoms with Gasteiger partial charge < -0.3 is 4.74 Å². The van der Waals surface area contributed by atoms with Gasteiger partial charge in [-0.3, -0.25) is 4.55 Å². The van der Waals surface area contributed by atoms with Crippen LogP contribution in [-0.2, 0) is 21.3 Å². The van der Waals surface area contributed by atoms with Crippen LogP contribution in [0.3, 0.4) is 0 Å². The largest absolute Gasteiger partial charge is 0.374 e. The zero-order valence-electron chi connectivity index (χ0n) is 11.6. The molecular formula is C15H20O4S. The Morgan fingerprint density at radius 2 is 2.20 bits per heavy atom. The van der Waals surface area contributed by atoms with Gasteiger partial charge in [-0.05, 0) is 44.2 Å². The van der Waals surface area contributed by atoms with Gasteiger partial charge in [0.05, 0.1) is 17.6 Å². The van der Waals surface area contributed by atoms with Gasteiger partial charge in [0.2, 0.25) is 0 Å². The lowest BCUT2D eigenvalue weighted by Crippen LogP contribution is -2.15. The Balaban J connectivity index is 2.03. The van der Waals surface area contributed by atoms with Crippen molar-refractivity contribution in [2.75, 3.05) is 6.61 Å². The molecule has 0 bridgehead atoms. The van der Waals surface area contributed by atoms with Crippen molar-refractivity contribution in [3.8, 4) is 0 Å². The SMILES string of the molecule is Cc1ccc(S(=O)(=O)O)c(CCOC2C=CCCC2)c1. The topological polar surface area (TPSA) is 63.6 Å². The fraction of sp³-hybridized carbons (Fsp3) is 0.467. The van der Waals surface area contributed by atoms with E-state index in [0.717, 1.165) is 24.8 Å². The number of benzene rings is 1. The van der Waals surface area contributed by atoms with Crippen LogP contribution in [-0.4, -0.2) is 25.7 Å². The molecule has 1 aliphatic rings. The van der Waals surface area contributed by atoms with Crippen LogP contribution in [0, 0.1) is 6.92 Å². The van der Waals surface area contributed by atoms with Crippen molar-refractivity contribution in [3.05, 3.63) is 41.5 Å². The minimum Gasteiger partial charge on any atom is -0.374 e. The molecule has 4 nitrogen and oxygen atoms in total. The van der Waals surface area contributed by atoms with E-state index in [2.05, 4.69) is 12.2 Å². The maximum Gasteiger partial charge on any atom is 0.294 e. The summed E-state index contributed by atoms with van der Waals surface area (Å²) in [6.07, 6.45) is 8.01. The third-order valence-electron chi connectivity index (χ3n) is 3.41. The van der Waals surface area contributed by atoms with Crippen molar-refractivity contribution >= 4 is 10.1 Å². The molecule has 1 unspecified atom stereocenters. The maximum absolute atomic E-state index is 11.3. The van der Waals surface area contributed by atoms with Gasteiger partial charge >= 0.3 is 0 Å². The highest BCUT2D eigenvalue weighted by molar-refractivity contribution is 7.85. The molecule has 0 saturated carbocycles. The summed E-state index contributed by atoms with van der Waals surface area (Å²) in [5.41, 5.74) is 1.57. The molecule has 0 radical (unpaired) electrons. The lowest BCUT2D eigenvalue weighted by Gasteiger charge is -2.17. The molecule has 0 amide bonds. The van der Waals surface area contributed by atoms with Crippen molar-refractivity contribution in [1.82, 2.24) is 0 Å². The number of ether oxygens (including phenoxy) is 1. The molecule has 0 aliphatic heterocycles. The second-order valence-corrected chi connectivity index (χ2v) is 6.49. The van der Waals surface area contributed by atoms with Crippen LogP contribution in [0.25, 0.3) is 0 Å². The fourth-order valence-electron chi connectivity index (χ4n) is 2.40. The van der Waals surface area contributed by atoms with Gasteiger partial charge in [-0.2, -0.15) is 8.42 Å². The highest BCUT2D eigenvalue weighted by Crippen LogP contribution is 2.19. The van der Waals surface area contributed by atoms with Gasteiger partial charge in [-0.1, -0.05) is 29.8 Å². The van der Waals surface area contributed by atoms with Crippen LogP contribution in [0.5, 0.6) is 0 Å². The fourth-order valence-corrected chi connectivity index (χ4v) is 3.13. The Bertz CT molecular complexity index is 590. The summed E-state index contributed by atoms with van der Waals surface area (Å²) in [5.74, 6) is 0. The van der Waals surface area contributed by atoms with Gasteiger partial charge in [0, 0.05) is 0 Å². The van der Waals surface area contributed by atoms with Gasteiger partial charge in [-0.25, -0.2) is 0 Å². The summed E-state index contributed by atoms with van der Waals surface area (Å²) in [6, 6.07) is 4.90. The van der Waals surface area contributed by atoms with Crippen LogP contribution >= 0.6 is 0 Å². The van der Waals surface area contributed by atoms with E-state index < -0.39 is 10.1 Å². The zero-order valence-corrected chi connectivity index (χ0v) is 12.4. The summed E-state index contributed by atoms with van der Waals surface area (Å²) in [6.45, 7) is 2.34. The molecule has 1 atom stereocenters. The Labute approximate surface area is 120 Å². The first-order valence-electron chi connectivity index (χ1n) is 6.82. The second-order valence-electron chi connectivity index (χ2n) is 5.10. The molecule has 5 heteroatoms. The molecule has 0 fully saturated rings. The minimum absolute atomic E-state index is 0.0223. The summed E-state index contributed by atoms with van der Waals surface area (Å²) >= 11 is 0. The quantitative estimate of drug-likeness (QED) is 0.670. The van der Waals surface area contributed by atoms with Gasteiger partial charge in [-0.15, -0.1) is 0 Å². The highest BCUT2D eigenvalue weighted by atomic mass is 32.2. The van der Waals surface area contributed by atoms with E-state index in [9.17, 15) is 13.0 Å². The molecule has 1 aromatic rings. The van der Waals surface area contributed by atoms with Crippen LogP contribution in [0.15, 0.2) is 35.2 Å². The van der Waals surface area contributed by atoms with Crippen molar-refractivity contribution in [2.24, 2.45) is 0 Å². The lowest BCUT2D eigenvalue weighted by atomic mass is 10.1. The Kier molecular flexibility index (Phi) is 4.96. The van der Waals surface area contributed by atoms with Crippen molar-refractivity contribution in [1.29, 1.82) is 0 Å². The van der Waals surface area contributed by atoms with Crippen LogP contribution in [0.4, 0.5) is 0 Å². The standard InChI is InChI=1S/C15H20O4S/c1-12-7-8-15(20(16,17)18)13(11-12)9-10-19-14-5-3-2-4-6-14/h3,5,7-8,11,14H,2,4,6,9-10H2,1H3,(H,16,17,18). The van der Waals surface area contributed by atoms with Crippen LogP contribution in [0.1, 0.15) is 30.4 Å². The molecule has 2 rings (SSSR count). The molecule has 20 heavy (non-hydrogen) atoms. The number of rotatable bonds is 5. The van der Waals surface area contributed by atoms with E-state index in [-0.39, 0.29) is 11.0 Å². The van der Waals surface area contributed by atoms with E-state index >= 15 is 0 Å². The Morgan fingerprint density at radius 1 is 1.40 bits per heavy atom. The molecule has 0 aromatic heterocycles. The van der Waals surface area contributed by atoms with Gasteiger partial charge in [0.15, 0.2) is 0 Å². The Morgan fingerprint density at radius 3 is 2.85 bits per heavy atom. The van der Waals surface area contributed by atoms with E-state index in [1.807, 2.05) is 6.92 Å².